The van der Waals surface area contributed by atoms with Gasteiger partial charge in [-0.05, 0) is 52.5 Å². The molecule has 0 heterocycles. The maximum atomic E-state index is 14.1. The van der Waals surface area contributed by atoms with Gasteiger partial charge in [0.25, 0.3) is 0 Å². The van der Waals surface area contributed by atoms with Gasteiger partial charge in [0.15, 0.2) is 0 Å². The van der Waals surface area contributed by atoms with E-state index in [1.165, 1.54) is 6.07 Å². The minimum atomic E-state index is -0.509. The first-order valence-corrected chi connectivity index (χ1v) is 8.80. The maximum absolute atomic E-state index is 14.1. The first-order valence-electron chi connectivity index (χ1n) is 8.80. The molecule has 0 saturated heterocycles. The molecule has 3 unspecified atom stereocenters. The molecule has 1 amide bonds. The van der Waals surface area contributed by atoms with Gasteiger partial charge in [-0.2, -0.15) is 0 Å². The van der Waals surface area contributed by atoms with Crippen LogP contribution >= 0.6 is 0 Å². The van der Waals surface area contributed by atoms with Crippen molar-refractivity contribution in [1.82, 2.24) is 10.6 Å². The molecule has 3 atom stereocenters. The third kappa shape index (κ3) is 5.20. The predicted octanol–water partition coefficient (Wildman–Crippen LogP) is 4.31. The Kier molecular flexibility index (Phi) is 6.21. The van der Waals surface area contributed by atoms with Gasteiger partial charge < -0.3 is 15.4 Å². The fourth-order valence-electron chi connectivity index (χ4n) is 3.23. The number of rotatable bonds is 5. The lowest BCUT2D eigenvalue weighted by atomic mass is 10.0. The number of alkyl carbamates (subject to hydrolysis) is 1. The molecular formula is C19H29FN2O2. The van der Waals surface area contributed by atoms with Crippen LogP contribution in [-0.2, 0) is 4.74 Å². The summed E-state index contributed by atoms with van der Waals surface area (Å²) in [4.78, 5) is 12.0. The number of ether oxygens (including phenoxy) is 1. The first kappa shape index (κ1) is 18.7. The number of benzene rings is 1. The van der Waals surface area contributed by atoms with Gasteiger partial charge in [-0.25, -0.2) is 9.18 Å². The summed E-state index contributed by atoms with van der Waals surface area (Å²) >= 11 is 0. The van der Waals surface area contributed by atoms with E-state index in [2.05, 4.69) is 10.6 Å². The van der Waals surface area contributed by atoms with E-state index in [4.69, 9.17) is 4.74 Å². The first-order chi connectivity index (χ1) is 11.3. The molecule has 1 aromatic rings. The zero-order valence-corrected chi connectivity index (χ0v) is 15.1. The molecule has 1 fully saturated rings. The maximum Gasteiger partial charge on any atom is 0.407 e. The van der Waals surface area contributed by atoms with Crippen LogP contribution < -0.4 is 10.6 Å². The van der Waals surface area contributed by atoms with Crippen molar-refractivity contribution in [3.8, 4) is 0 Å². The normalized spacial score (nSPS) is 22.2. The van der Waals surface area contributed by atoms with Crippen LogP contribution in [0.25, 0.3) is 0 Å². The highest BCUT2D eigenvalue weighted by Crippen LogP contribution is 2.26. The number of hydrogen-bond donors (Lipinski definition) is 2. The van der Waals surface area contributed by atoms with Gasteiger partial charge in [0.1, 0.15) is 11.4 Å². The molecule has 0 aliphatic heterocycles. The third-order valence-corrected chi connectivity index (χ3v) is 4.32. The Bertz CT molecular complexity index is 557. The minimum Gasteiger partial charge on any atom is -0.444 e. The molecule has 1 saturated carbocycles. The Morgan fingerprint density at radius 3 is 2.58 bits per heavy atom. The second-order valence-electron chi connectivity index (χ2n) is 7.44. The van der Waals surface area contributed by atoms with E-state index in [1.807, 2.05) is 39.8 Å². The number of hydrogen-bond acceptors (Lipinski definition) is 3. The molecule has 1 aromatic carbocycles. The van der Waals surface area contributed by atoms with Crippen LogP contribution in [0.3, 0.4) is 0 Å². The van der Waals surface area contributed by atoms with Crippen molar-refractivity contribution in [1.29, 1.82) is 0 Å². The number of halogens is 1. The van der Waals surface area contributed by atoms with Crippen molar-refractivity contribution in [3.05, 3.63) is 35.6 Å². The minimum absolute atomic E-state index is 0.0145. The summed E-state index contributed by atoms with van der Waals surface area (Å²) < 4.78 is 19.4. The summed E-state index contributed by atoms with van der Waals surface area (Å²) in [5, 5.41) is 6.49. The lowest BCUT2D eigenvalue weighted by molar-refractivity contribution is 0.0496. The Morgan fingerprint density at radius 2 is 1.96 bits per heavy atom. The smallest absolute Gasteiger partial charge is 0.407 e. The van der Waals surface area contributed by atoms with Crippen LogP contribution in [0.2, 0.25) is 0 Å². The van der Waals surface area contributed by atoms with E-state index in [9.17, 15) is 9.18 Å². The molecule has 1 aliphatic carbocycles. The number of nitrogens with one attached hydrogen (secondary N) is 2. The summed E-state index contributed by atoms with van der Waals surface area (Å²) in [6.07, 6.45) is 3.30. The van der Waals surface area contributed by atoms with E-state index >= 15 is 0 Å². The van der Waals surface area contributed by atoms with Crippen molar-refractivity contribution in [3.63, 3.8) is 0 Å². The highest BCUT2D eigenvalue weighted by atomic mass is 19.1. The van der Waals surface area contributed by atoms with Gasteiger partial charge in [-0.1, -0.05) is 25.1 Å². The van der Waals surface area contributed by atoms with Crippen molar-refractivity contribution in [2.24, 2.45) is 0 Å². The van der Waals surface area contributed by atoms with Crippen LogP contribution in [0.15, 0.2) is 24.3 Å². The van der Waals surface area contributed by atoms with Crippen LogP contribution in [0.5, 0.6) is 0 Å². The summed E-state index contributed by atoms with van der Waals surface area (Å²) in [5.41, 5.74) is 0.174. The molecule has 2 rings (SSSR count). The van der Waals surface area contributed by atoms with Crippen molar-refractivity contribution >= 4 is 6.09 Å². The van der Waals surface area contributed by atoms with Gasteiger partial charge in [0, 0.05) is 23.7 Å². The summed E-state index contributed by atoms with van der Waals surface area (Å²) in [5.74, 6) is -0.188. The van der Waals surface area contributed by atoms with E-state index in [0.717, 1.165) is 25.7 Å². The summed E-state index contributed by atoms with van der Waals surface area (Å²) in [6, 6.07) is 6.95. The number of carbonyl (C=O) groups excluding carboxylic acids is 1. The molecule has 0 aromatic heterocycles. The third-order valence-electron chi connectivity index (χ3n) is 4.32. The predicted molar refractivity (Wildman–Crippen MR) is 93.4 cm³/mol. The Morgan fingerprint density at radius 1 is 1.29 bits per heavy atom. The fourth-order valence-corrected chi connectivity index (χ4v) is 3.23. The number of amides is 1. The van der Waals surface area contributed by atoms with Crippen molar-refractivity contribution < 1.29 is 13.9 Å². The topological polar surface area (TPSA) is 50.4 Å². The van der Waals surface area contributed by atoms with Crippen molar-refractivity contribution in [2.45, 2.75) is 77.1 Å². The van der Waals surface area contributed by atoms with Gasteiger partial charge in [-0.3, -0.25) is 0 Å². The molecule has 4 nitrogen and oxygen atoms in total. The average Bonchev–Trinajstić information content (AvgIpc) is 2.90. The Balaban J connectivity index is 1.99. The zero-order chi connectivity index (χ0) is 17.7. The summed E-state index contributed by atoms with van der Waals surface area (Å²) in [6.45, 7) is 7.59. The van der Waals surface area contributed by atoms with E-state index in [1.54, 1.807) is 6.07 Å². The molecule has 0 radical (unpaired) electrons. The lowest BCUT2D eigenvalue weighted by Crippen LogP contribution is -2.48. The number of carbonyl (C=O) groups is 1. The summed E-state index contributed by atoms with van der Waals surface area (Å²) in [7, 11) is 0. The quantitative estimate of drug-likeness (QED) is 0.842. The van der Waals surface area contributed by atoms with Crippen LogP contribution in [0.4, 0.5) is 9.18 Å². The monoisotopic (exact) mass is 336 g/mol. The molecule has 0 spiro atoms. The van der Waals surface area contributed by atoms with E-state index in [-0.39, 0.29) is 30.0 Å². The molecule has 24 heavy (non-hydrogen) atoms. The molecule has 134 valence electrons. The lowest BCUT2D eigenvalue weighted by Gasteiger charge is -2.28. The van der Waals surface area contributed by atoms with Crippen LogP contribution in [0.1, 0.15) is 65.0 Å². The van der Waals surface area contributed by atoms with Crippen molar-refractivity contribution in [2.75, 3.05) is 0 Å². The fraction of sp³-hybridized carbons (Fsp3) is 0.632. The molecular weight excluding hydrogens is 307 g/mol. The Labute approximate surface area is 144 Å². The van der Waals surface area contributed by atoms with E-state index in [0.29, 0.717) is 5.56 Å². The second-order valence-corrected chi connectivity index (χ2v) is 7.44. The highest BCUT2D eigenvalue weighted by Gasteiger charge is 2.32. The molecule has 2 N–H and O–H groups in total. The average molecular weight is 336 g/mol. The van der Waals surface area contributed by atoms with Gasteiger partial charge in [0.2, 0.25) is 0 Å². The second kappa shape index (κ2) is 7.97. The van der Waals surface area contributed by atoms with Gasteiger partial charge >= 0.3 is 6.09 Å². The van der Waals surface area contributed by atoms with Crippen LogP contribution in [-0.4, -0.2) is 23.8 Å². The molecule has 1 aliphatic rings. The molecule has 5 heteroatoms. The standard InChI is InChI=1S/C19H29FN2O2/c1-5-15(13-9-6-7-10-14(13)20)21-16-11-8-12-17(16)22-18(23)24-19(2,3)4/h6-7,9-10,15-17,21H,5,8,11-12H2,1-4H3,(H,22,23). The highest BCUT2D eigenvalue weighted by molar-refractivity contribution is 5.68. The molecule has 0 bridgehead atoms. The largest absolute Gasteiger partial charge is 0.444 e. The SMILES string of the molecule is CCC(NC1CCCC1NC(=O)OC(C)(C)C)c1ccccc1F. The Hall–Kier alpha value is -1.62. The van der Waals surface area contributed by atoms with Gasteiger partial charge in [0.05, 0.1) is 0 Å². The van der Waals surface area contributed by atoms with E-state index < -0.39 is 5.60 Å². The zero-order valence-electron chi connectivity index (χ0n) is 15.1. The van der Waals surface area contributed by atoms with Gasteiger partial charge in [-0.15, -0.1) is 0 Å². The van der Waals surface area contributed by atoms with Crippen LogP contribution in [0, 0.1) is 5.82 Å².